The Balaban J connectivity index is 2.79. The molecular weight excluding hydrogens is 242 g/mol. The van der Waals surface area contributed by atoms with Crippen LogP contribution in [0.1, 0.15) is 12.5 Å². The second kappa shape index (κ2) is 5.29. The molecule has 0 aliphatic carbocycles. The van der Waals surface area contributed by atoms with Crippen molar-refractivity contribution in [2.45, 2.75) is 13.3 Å². The molecule has 0 aliphatic heterocycles. The van der Waals surface area contributed by atoms with Crippen LogP contribution in [0.3, 0.4) is 0 Å². The minimum absolute atomic E-state index is 0.0552. The van der Waals surface area contributed by atoms with Crippen LogP contribution in [0.5, 0.6) is 5.75 Å². The van der Waals surface area contributed by atoms with Crippen LogP contribution in [0.15, 0.2) is 24.3 Å². The first-order valence-electron chi connectivity index (χ1n) is 5.01. The van der Waals surface area contributed by atoms with Gasteiger partial charge in [0.1, 0.15) is 11.5 Å². The number of hydrogen-bond donors (Lipinski definition) is 0. The van der Waals surface area contributed by atoms with Crippen LogP contribution in [0.2, 0.25) is 0 Å². The second-order valence-corrected chi connectivity index (χ2v) is 5.60. The average Bonchev–Trinajstić information content (AvgIpc) is 2.19. The van der Waals surface area contributed by atoms with E-state index in [2.05, 4.69) is 0 Å². The molecule has 0 aromatic heterocycles. The molecule has 0 unspecified atom stereocenters. The van der Waals surface area contributed by atoms with Crippen LogP contribution < -0.4 is 4.18 Å². The highest BCUT2D eigenvalue weighted by atomic mass is 32.2. The van der Waals surface area contributed by atoms with Gasteiger partial charge in [0.05, 0.1) is 0 Å². The summed E-state index contributed by atoms with van der Waals surface area (Å²) in [4.78, 5) is 10.9. The van der Waals surface area contributed by atoms with Crippen molar-refractivity contribution in [2.24, 2.45) is 0 Å². The van der Waals surface area contributed by atoms with Gasteiger partial charge in [-0.15, -0.1) is 0 Å². The van der Waals surface area contributed by atoms with Crippen LogP contribution >= 0.6 is 0 Å². The molecule has 0 atom stereocenters. The lowest BCUT2D eigenvalue weighted by Crippen LogP contribution is -2.27. The molecule has 1 aromatic rings. The van der Waals surface area contributed by atoms with Crippen molar-refractivity contribution in [3.8, 4) is 5.75 Å². The largest absolute Gasteiger partial charge is 0.384 e. The molecule has 0 aliphatic rings. The van der Waals surface area contributed by atoms with E-state index < -0.39 is 10.3 Å². The van der Waals surface area contributed by atoms with Gasteiger partial charge in [-0.3, -0.25) is 4.79 Å². The van der Waals surface area contributed by atoms with Gasteiger partial charge in [-0.05, 0) is 24.6 Å². The summed E-state index contributed by atoms with van der Waals surface area (Å²) in [5.74, 6) is 0.283. The van der Waals surface area contributed by atoms with Crippen LogP contribution in [0.4, 0.5) is 0 Å². The van der Waals surface area contributed by atoms with Gasteiger partial charge in [0, 0.05) is 20.5 Å². The second-order valence-electron chi connectivity index (χ2n) is 3.85. The Labute approximate surface area is 101 Å². The fourth-order valence-electron chi connectivity index (χ4n) is 1.15. The van der Waals surface area contributed by atoms with E-state index in [1.165, 1.54) is 33.2 Å². The van der Waals surface area contributed by atoms with E-state index in [1.54, 1.807) is 12.1 Å². The molecule has 17 heavy (non-hydrogen) atoms. The van der Waals surface area contributed by atoms with Gasteiger partial charge in [0.15, 0.2) is 0 Å². The number of nitrogens with zero attached hydrogens (tertiary/aromatic N) is 1. The Morgan fingerprint density at radius 1 is 1.24 bits per heavy atom. The summed E-state index contributed by atoms with van der Waals surface area (Å²) in [6, 6.07) is 6.39. The lowest BCUT2D eigenvalue weighted by Gasteiger charge is -2.11. The van der Waals surface area contributed by atoms with E-state index >= 15 is 0 Å². The minimum atomic E-state index is -3.72. The summed E-state index contributed by atoms with van der Waals surface area (Å²) < 4.78 is 28.6. The summed E-state index contributed by atoms with van der Waals surface area (Å²) in [6.07, 6.45) is 0.334. The Morgan fingerprint density at radius 3 is 2.18 bits per heavy atom. The zero-order chi connectivity index (χ0) is 13.1. The van der Waals surface area contributed by atoms with Gasteiger partial charge in [0.2, 0.25) is 0 Å². The molecule has 0 saturated heterocycles. The molecule has 5 nitrogen and oxygen atoms in total. The molecule has 0 heterocycles. The third-order valence-corrected chi connectivity index (χ3v) is 3.32. The highest BCUT2D eigenvalue weighted by Crippen LogP contribution is 2.15. The molecular formula is C11H15NO4S. The maximum absolute atomic E-state index is 11.4. The molecule has 1 aromatic carbocycles. The topological polar surface area (TPSA) is 63.7 Å². The summed E-state index contributed by atoms with van der Waals surface area (Å²) in [7, 11) is -0.944. The minimum Gasteiger partial charge on any atom is -0.371 e. The highest BCUT2D eigenvalue weighted by molar-refractivity contribution is 7.84. The number of carbonyl (C=O) groups excluding carboxylic acids is 1. The lowest BCUT2D eigenvalue weighted by molar-refractivity contribution is -0.116. The Bertz CT molecular complexity index is 491. The van der Waals surface area contributed by atoms with Crippen molar-refractivity contribution in [1.29, 1.82) is 0 Å². The van der Waals surface area contributed by atoms with Crippen molar-refractivity contribution in [1.82, 2.24) is 4.31 Å². The maximum Gasteiger partial charge on any atom is 0.384 e. The number of hydrogen-bond acceptors (Lipinski definition) is 4. The number of carbonyl (C=O) groups is 1. The van der Waals surface area contributed by atoms with E-state index in [0.717, 1.165) is 9.87 Å². The van der Waals surface area contributed by atoms with Gasteiger partial charge in [-0.2, -0.15) is 12.7 Å². The van der Waals surface area contributed by atoms with Gasteiger partial charge in [0.25, 0.3) is 0 Å². The maximum atomic E-state index is 11.4. The molecule has 0 radical (unpaired) electrons. The fraction of sp³-hybridized carbons (Fsp3) is 0.364. The monoisotopic (exact) mass is 257 g/mol. The predicted octanol–water partition coefficient (Wildman–Crippen LogP) is 1.00. The molecule has 0 amide bonds. The van der Waals surface area contributed by atoms with Crippen LogP contribution in [0, 0.1) is 0 Å². The van der Waals surface area contributed by atoms with E-state index in [4.69, 9.17) is 4.18 Å². The Hall–Kier alpha value is -1.40. The first-order valence-corrected chi connectivity index (χ1v) is 6.38. The van der Waals surface area contributed by atoms with Crippen LogP contribution in [-0.4, -0.2) is 32.6 Å². The predicted molar refractivity (Wildman–Crippen MR) is 64.1 cm³/mol. The first kappa shape index (κ1) is 13.7. The number of rotatable bonds is 5. The summed E-state index contributed by atoms with van der Waals surface area (Å²) >= 11 is 0. The number of Topliss-reactive ketones (excluding diaryl/α,β-unsaturated/α-hetero) is 1. The van der Waals surface area contributed by atoms with Gasteiger partial charge in [-0.1, -0.05) is 12.1 Å². The van der Waals surface area contributed by atoms with Gasteiger partial charge in [-0.25, -0.2) is 0 Å². The Morgan fingerprint density at radius 2 is 1.76 bits per heavy atom. The van der Waals surface area contributed by atoms with Crippen LogP contribution in [0.25, 0.3) is 0 Å². The van der Waals surface area contributed by atoms with E-state index in [1.807, 2.05) is 0 Å². The highest BCUT2D eigenvalue weighted by Gasteiger charge is 2.15. The third-order valence-electron chi connectivity index (χ3n) is 2.03. The lowest BCUT2D eigenvalue weighted by atomic mass is 10.1. The SMILES string of the molecule is CC(=O)Cc1ccc(OS(=O)(=O)N(C)C)cc1. The number of benzene rings is 1. The van der Waals surface area contributed by atoms with Crippen molar-refractivity contribution in [3.05, 3.63) is 29.8 Å². The molecule has 0 N–H and O–H groups in total. The summed E-state index contributed by atoms with van der Waals surface area (Å²) in [5.41, 5.74) is 0.826. The van der Waals surface area contributed by atoms with E-state index in [9.17, 15) is 13.2 Å². The van der Waals surface area contributed by atoms with E-state index in [-0.39, 0.29) is 11.5 Å². The van der Waals surface area contributed by atoms with Crippen molar-refractivity contribution in [2.75, 3.05) is 14.1 Å². The quantitative estimate of drug-likeness (QED) is 0.789. The Kier molecular flexibility index (Phi) is 4.25. The zero-order valence-corrected chi connectivity index (χ0v) is 10.8. The third kappa shape index (κ3) is 4.16. The average molecular weight is 257 g/mol. The molecule has 1 rings (SSSR count). The summed E-state index contributed by atoms with van der Waals surface area (Å²) in [5, 5.41) is 0. The smallest absolute Gasteiger partial charge is 0.371 e. The van der Waals surface area contributed by atoms with Gasteiger partial charge < -0.3 is 4.18 Å². The molecule has 0 saturated carbocycles. The standard InChI is InChI=1S/C11H15NO4S/c1-9(13)8-10-4-6-11(7-5-10)16-17(14,15)12(2)3/h4-7H,8H2,1-3H3. The van der Waals surface area contributed by atoms with Crippen LogP contribution in [-0.2, 0) is 21.5 Å². The van der Waals surface area contributed by atoms with Gasteiger partial charge >= 0.3 is 10.3 Å². The molecule has 0 fully saturated rings. The number of ketones is 1. The fourth-order valence-corrected chi connectivity index (χ4v) is 1.65. The zero-order valence-electron chi connectivity index (χ0n) is 10.0. The first-order chi connectivity index (χ1) is 7.81. The van der Waals surface area contributed by atoms with Crippen molar-refractivity contribution in [3.63, 3.8) is 0 Å². The molecule has 0 spiro atoms. The summed E-state index contributed by atoms with van der Waals surface area (Å²) in [6.45, 7) is 1.50. The van der Waals surface area contributed by atoms with Crippen molar-refractivity contribution < 1.29 is 17.4 Å². The normalized spacial score (nSPS) is 11.5. The van der Waals surface area contributed by atoms with Crippen molar-refractivity contribution >= 4 is 16.1 Å². The van der Waals surface area contributed by atoms with E-state index in [0.29, 0.717) is 6.42 Å². The molecule has 94 valence electrons. The molecule has 6 heteroatoms. The molecule has 0 bridgehead atoms.